The lowest BCUT2D eigenvalue weighted by Gasteiger charge is -2.31. The highest BCUT2D eigenvalue weighted by atomic mass is 35.5. The fraction of sp³-hybridized carbons (Fsp3) is 0.545. The van der Waals surface area contributed by atoms with Gasteiger partial charge in [-0.1, -0.05) is 11.6 Å². The molecule has 98 valence electrons. The molecule has 0 aromatic carbocycles. The molecule has 2 heterocycles. The number of amides is 1. The van der Waals surface area contributed by atoms with Crippen LogP contribution in [0.4, 0.5) is 0 Å². The number of hydrogen-bond acceptors (Lipinski definition) is 4. The lowest BCUT2D eigenvalue weighted by molar-refractivity contribution is -0.130. The van der Waals surface area contributed by atoms with E-state index in [0.29, 0.717) is 24.1 Å². The SMILES string of the molecule is O=C(CCl)N1CCC(Oc2cncc(Cl)n2)CC1. The summed E-state index contributed by atoms with van der Waals surface area (Å²) in [6.45, 7) is 1.31. The van der Waals surface area contributed by atoms with Gasteiger partial charge in [0.15, 0.2) is 5.15 Å². The average molecular weight is 290 g/mol. The third kappa shape index (κ3) is 3.46. The maximum absolute atomic E-state index is 11.4. The van der Waals surface area contributed by atoms with Crippen LogP contribution in [-0.2, 0) is 4.79 Å². The van der Waals surface area contributed by atoms with Crippen molar-refractivity contribution in [2.24, 2.45) is 0 Å². The summed E-state index contributed by atoms with van der Waals surface area (Å²) in [5.41, 5.74) is 0. The molecule has 0 spiro atoms. The van der Waals surface area contributed by atoms with E-state index in [2.05, 4.69) is 9.97 Å². The quantitative estimate of drug-likeness (QED) is 0.796. The molecule has 0 aliphatic carbocycles. The van der Waals surface area contributed by atoms with Crippen molar-refractivity contribution in [3.8, 4) is 5.88 Å². The maximum atomic E-state index is 11.4. The van der Waals surface area contributed by atoms with Gasteiger partial charge >= 0.3 is 0 Å². The van der Waals surface area contributed by atoms with Gasteiger partial charge in [0.05, 0.1) is 12.4 Å². The predicted molar refractivity (Wildman–Crippen MR) is 68.0 cm³/mol. The molecule has 1 aliphatic rings. The minimum atomic E-state index is -0.0299. The summed E-state index contributed by atoms with van der Waals surface area (Å²) in [7, 11) is 0. The Balaban J connectivity index is 1.85. The molecule has 1 aromatic heterocycles. The van der Waals surface area contributed by atoms with Crippen LogP contribution in [-0.4, -0.2) is 45.8 Å². The Morgan fingerprint density at radius 3 is 2.78 bits per heavy atom. The number of rotatable bonds is 3. The van der Waals surface area contributed by atoms with Crippen molar-refractivity contribution in [2.75, 3.05) is 19.0 Å². The zero-order valence-corrected chi connectivity index (χ0v) is 11.2. The van der Waals surface area contributed by atoms with E-state index >= 15 is 0 Å². The number of halogens is 2. The van der Waals surface area contributed by atoms with Gasteiger partial charge in [0.2, 0.25) is 11.8 Å². The number of hydrogen-bond donors (Lipinski definition) is 0. The summed E-state index contributed by atoms with van der Waals surface area (Å²) in [4.78, 5) is 21.1. The minimum Gasteiger partial charge on any atom is -0.473 e. The number of carbonyl (C=O) groups excluding carboxylic acids is 1. The van der Waals surface area contributed by atoms with E-state index in [0.717, 1.165) is 12.8 Å². The topological polar surface area (TPSA) is 55.3 Å². The highest BCUT2D eigenvalue weighted by molar-refractivity contribution is 6.29. The summed E-state index contributed by atoms with van der Waals surface area (Å²) in [5.74, 6) is 0.424. The second kappa shape index (κ2) is 6.20. The highest BCUT2D eigenvalue weighted by Crippen LogP contribution is 2.18. The average Bonchev–Trinajstić information content (AvgIpc) is 2.39. The van der Waals surface area contributed by atoms with Crippen LogP contribution in [0.5, 0.6) is 5.88 Å². The molecule has 0 unspecified atom stereocenters. The van der Waals surface area contributed by atoms with Crippen LogP contribution in [0.15, 0.2) is 12.4 Å². The van der Waals surface area contributed by atoms with Crippen LogP contribution in [0.1, 0.15) is 12.8 Å². The van der Waals surface area contributed by atoms with E-state index in [4.69, 9.17) is 27.9 Å². The Morgan fingerprint density at radius 1 is 1.44 bits per heavy atom. The number of likely N-dealkylation sites (tertiary alicyclic amines) is 1. The van der Waals surface area contributed by atoms with Gasteiger partial charge in [0.25, 0.3) is 0 Å². The number of alkyl halides is 1. The van der Waals surface area contributed by atoms with E-state index in [1.54, 1.807) is 4.90 Å². The monoisotopic (exact) mass is 289 g/mol. The van der Waals surface area contributed by atoms with Crippen LogP contribution < -0.4 is 4.74 Å². The van der Waals surface area contributed by atoms with E-state index in [1.807, 2.05) is 0 Å². The number of ether oxygens (including phenoxy) is 1. The van der Waals surface area contributed by atoms with E-state index in [9.17, 15) is 4.79 Å². The Kier molecular flexibility index (Phi) is 4.60. The van der Waals surface area contributed by atoms with Gasteiger partial charge in [-0.3, -0.25) is 9.78 Å². The number of carbonyl (C=O) groups is 1. The van der Waals surface area contributed by atoms with Gasteiger partial charge in [-0.2, -0.15) is 4.98 Å². The first kappa shape index (κ1) is 13.4. The first-order valence-electron chi connectivity index (χ1n) is 5.67. The molecule has 0 saturated carbocycles. The normalized spacial score (nSPS) is 16.7. The van der Waals surface area contributed by atoms with Crippen LogP contribution >= 0.6 is 23.2 Å². The third-order valence-corrected chi connectivity index (χ3v) is 3.19. The van der Waals surface area contributed by atoms with Crippen molar-refractivity contribution in [2.45, 2.75) is 18.9 Å². The maximum Gasteiger partial charge on any atom is 0.237 e. The van der Waals surface area contributed by atoms with Gasteiger partial charge in [0.1, 0.15) is 12.0 Å². The molecule has 5 nitrogen and oxygen atoms in total. The lowest BCUT2D eigenvalue weighted by atomic mass is 10.1. The number of piperidine rings is 1. The molecule has 1 saturated heterocycles. The van der Waals surface area contributed by atoms with Crippen LogP contribution in [0.2, 0.25) is 5.15 Å². The third-order valence-electron chi connectivity index (χ3n) is 2.78. The first-order chi connectivity index (χ1) is 8.69. The number of nitrogens with zero attached hydrogens (tertiary/aromatic N) is 3. The van der Waals surface area contributed by atoms with Gasteiger partial charge in [0, 0.05) is 25.9 Å². The fourth-order valence-corrected chi connectivity index (χ4v) is 2.17. The summed E-state index contributed by atoms with van der Waals surface area (Å²) in [5, 5.41) is 0.308. The van der Waals surface area contributed by atoms with Gasteiger partial charge < -0.3 is 9.64 Å². The summed E-state index contributed by atoms with van der Waals surface area (Å²) >= 11 is 11.2. The second-order valence-electron chi connectivity index (χ2n) is 4.01. The van der Waals surface area contributed by atoms with E-state index in [-0.39, 0.29) is 17.9 Å². The van der Waals surface area contributed by atoms with Crippen molar-refractivity contribution in [3.63, 3.8) is 0 Å². The van der Waals surface area contributed by atoms with Crippen molar-refractivity contribution in [1.29, 1.82) is 0 Å². The zero-order chi connectivity index (χ0) is 13.0. The number of aromatic nitrogens is 2. The molecule has 18 heavy (non-hydrogen) atoms. The standard InChI is InChI=1S/C11H13Cl2N3O2/c12-5-11(17)16-3-1-8(2-4-16)18-10-7-14-6-9(13)15-10/h6-8H,1-5H2. The Bertz CT molecular complexity index is 423. The summed E-state index contributed by atoms with van der Waals surface area (Å²) < 4.78 is 5.67. The Labute approximate surface area is 115 Å². The Hall–Kier alpha value is -1.07. The second-order valence-corrected chi connectivity index (χ2v) is 4.67. The van der Waals surface area contributed by atoms with Gasteiger partial charge in [-0.15, -0.1) is 11.6 Å². The smallest absolute Gasteiger partial charge is 0.237 e. The molecule has 0 N–H and O–H groups in total. The molecule has 0 bridgehead atoms. The minimum absolute atomic E-state index is 0.0299. The molecule has 0 radical (unpaired) electrons. The zero-order valence-electron chi connectivity index (χ0n) is 9.68. The largest absolute Gasteiger partial charge is 0.473 e. The molecule has 2 rings (SSSR count). The van der Waals surface area contributed by atoms with Crippen LogP contribution in [0.25, 0.3) is 0 Å². The molecule has 7 heteroatoms. The van der Waals surface area contributed by atoms with Crippen molar-refractivity contribution < 1.29 is 9.53 Å². The summed E-state index contributed by atoms with van der Waals surface area (Å²) in [6, 6.07) is 0. The van der Waals surface area contributed by atoms with Gasteiger partial charge in [-0.25, -0.2) is 0 Å². The molecule has 0 atom stereocenters. The fourth-order valence-electron chi connectivity index (χ4n) is 1.86. The van der Waals surface area contributed by atoms with Crippen LogP contribution in [0.3, 0.4) is 0 Å². The molecular formula is C11H13Cl2N3O2. The van der Waals surface area contributed by atoms with Crippen molar-refractivity contribution in [3.05, 3.63) is 17.5 Å². The molecule has 1 fully saturated rings. The molecule has 1 aliphatic heterocycles. The summed E-state index contributed by atoms with van der Waals surface area (Å²) in [6.07, 6.45) is 4.54. The highest BCUT2D eigenvalue weighted by Gasteiger charge is 2.23. The van der Waals surface area contributed by atoms with Gasteiger partial charge in [-0.05, 0) is 0 Å². The molecule has 1 aromatic rings. The van der Waals surface area contributed by atoms with E-state index in [1.165, 1.54) is 12.4 Å². The Morgan fingerprint density at radius 2 is 2.17 bits per heavy atom. The lowest BCUT2D eigenvalue weighted by Crippen LogP contribution is -2.42. The van der Waals surface area contributed by atoms with Crippen molar-refractivity contribution in [1.82, 2.24) is 14.9 Å². The molecular weight excluding hydrogens is 277 g/mol. The van der Waals surface area contributed by atoms with Crippen molar-refractivity contribution >= 4 is 29.1 Å². The van der Waals surface area contributed by atoms with E-state index < -0.39 is 0 Å². The predicted octanol–water partition coefficient (Wildman–Crippen LogP) is 1.74. The molecule has 1 amide bonds. The van der Waals surface area contributed by atoms with Crippen LogP contribution in [0, 0.1) is 0 Å². The first-order valence-corrected chi connectivity index (χ1v) is 6.58.